The molecule has 0 aromatic carbocycles. The Balaban J connectivity index is 1.89. The van der Waals surface area contributed by atoms with E-state index in [0.717, 1.165) is 12.8 Å². The van der Waals surface area contributed by atoms with Gasteiger partial charge in [-0.15, -0.1) is 0 Å². The lowest BCUT2D eigenvalue weighted by Gasteiger charge is -2.25. The van der Waals surface area contributed by atoms with Crippen molar-refractivity contribution < 1.29 is 4.79 Å². The molecule has 1 amide bonds. The Morgan fingerprint density at radius 3 is 2.09 bits per heavy atom. The van der Waals surface area contributed by atoms with Crippen LogP contribution in [0.5, 0.6) is 0 Å². The number of rotatable bonds is 1. The van der Waals surface area contributed by atoms with E-state index < -0.39 is 0 Å². The minimum absolute atomic E-state index is 0.0829. The monoisotopic (exact) mass is 153 g/mol. The van der Waals surface area contributed by atoms with Crippen LogP contribution in [-0.4, -0.2) is 5.91 Å². The predicted octanol–water partition coefficient (Wildman–Crippen LogP) is 1.44. The van der Waals surface area contributed by atoms with Gasteiger partial charge < -0.3 is 5.73 Å². The van der Waals surface area contributed by atoms with E-state index in [-0.39, 0.29) is 11.8 Å². The van der Waals surface area contributed by atoms with Gasteiger partial charge in [-0.2, -0.15) is 0 Å². The first-order valence-corrected chi connectivity index (χ1v) is 4.51. The quantitative estimate of drug-likeness (QED) is 0.608. The van der Waals surface area contributed by atoms with E-state index in [1.165, 1.54) is 25.7 Å². The molecule has 0 radical (unpaired) electrons. The van der Waals surface area contributed by atoms with E-state index >= 15 is 0 Å². The molecule has 2 heteroatoms. The van der Waals surface area contributed by atoms with Crippen LogP contribution in [0.15, 0.2) is 0 Å². The minimum atomic E-state index is -0.0829. The standard InChI is InChI=1S/C9H15NO/c10-8(11)7-1-3-9(4-2-7)5-6-9/h7H,1-6H2,(H2,10,11). The first-order valence-electron chi connectivity index (χ1n) is 4.51. The van der Waals surface area contributed by atoms with Crippen molar-refractivity contribution in [2.24, 2.45) is 17.1 Å². The maximum atomic E-state index is 10.8. The minimum Gasteiger partial charge on any atom is -0.369 e. The Bertz CT molecular complexity index is 174. The number of carbonyl (C=O) groups excluding carboxylic acids is 1. The predicted molar refractivity (Wildman–Crippen MR) is 42.8 cm³/mol. The maximum Gasteiger partial charge on any atom is 0.220 e. The molecule has 0 aromatic rings. The van der Waals surface area contributed by atoms with Crippen molar-refractivity contribution in [2.45, 2.75) is 38.5 Å². The van der Waals surface area contributed by atoms with E-state index in [9.17, 15) is 4.79 Å². The van der Waals surface area contributed by atoms with Gasteiger partial charge in [-0.05, 0) is 43.9 Å². The van der Waals surface area contributed by atoms with E-state index in [1.54, 1.807) is 0 Å². The van der Waals surface area contributed by atoms with E-state index in [1.807, 2.05) is 0 Å². The van der Waals surface area contributed by atoms with Crippen LogP contribution in [0.2, 0.25) is 0 Å². The summed E-state index contributed by atoms with van der Waals surface area (Å²) in [6.45, 7) is 0. The summed E-state index contributed by atoms with van der Waals surface area (Å²) in [5.41, 5.74) is 5.92. The molecule has 0 aliphatic heterocycles. The zero-order chi connectivity index (χ0) is 7.90. The van der Waals surface area contributed by atoms with Gasteiger partial charge in [-0.3, -0.25) is 4.79 Å². The molecule has 2 N–H and O–H groups in total. The SMILES string of the molecule is NC(=O)C1CCC2(CC1)CC2. The van der Waals surface area contributed by atoms with E-state index in [2.05, 4.69) is 0 Å². The highest BCUT2D eigenvalue weighted by Gasteiger charge is 2.45. The lowest BCUT2D eigenvalue weighted by Crippen LogP contribution is -2.27. The third kappa shape index (κ3) is 1.26. The molecule has 2 aliphatic rings. The molecule has 2 rings (SSSR count). The summed E-state index contributed by atoms with van der Waals surface area (Å²) in [5, 5.41) is 0. The largest absolute Gasteiger partial charge is 0.369 e. The topological polar surface area (TPSA) is 43.1 Å². The number of nitrogens with two attached hydrogens (primary N) is 1. The number of hydrogen-bond acceptors (Lipinski definition) is 1. The average molecular weight is 153 g/mol. The fourth-order valence-corrected chi connectivity index (χ4v) is 2.19. The summed E-state index contributed by atoms with van der Waals surface area (Å²) in [6, 6.07) is 0. The second kappa shape index (κ2) is 2.23. The Morgan fingerprint density at radius 2 is 1.73 bits per heavy atom. The Morgan fingerprint density at radius 1 is 1.18 bits per heavy atom. The summed E-state index contributed by atoms with van der Waals surface area (Å²) >= 11 is 0. The molecular weight excluding hydrogens is 138 g/mol. The van der Waals surface area contributed by atoms with Crippen molar-refractivity contribution in [1.82, 2.24) is 0 Å². The van der Waals surface area contributed by atoms with Gasteiger partial charge in [0, 0.05) is 5.92 Å². The molecule has 2 nitrogen and oxygen atoms in total. The van der Waals surface area contributed by atoms with E-state index in [0.29, 0.717) is 5.41 Å². The van der Waals surface area contributed by atoms with Crippen molar-refractivity contribution in [3.05, 3.63) is 0 Å². The summed E-state index contributed by atoms with van der Waals surface area (Å²) in [7, 11) is 0. The first kappa shape index (κ1) is 7.14. The van der Waals surface area contributed by atoms with Crippen molar-refractivity contribution in [1.29, 1.82) is 0 Å². The molecular formula is C9H15NO. The third-order valence-electron chi connectivity index (χ3n) is 3.41. The summed E-state index contributed by atoms with van der Waals surface area (Å²) in [5.74, 6) is 0.113. The lowest BCUT2D eigenvalue weighted by atomic mass is 9.79. The Hall–Kier alpha value is -0.530. The van der Waals surface area contributed by atoms with Gasteiger partial charge in [0.2, 0.25) is 5.91 Å². The van der Waals surface area contributed by atoms with Crippen LogP contribution >= 0.6 is 0 Å². The van der Waals surface area contributed by atoms with Gasteiger partial charge in [0.15, 0.2) is 0 Å². The van der Waals surface area contributed by atoms with Gasteiger partial charge in [-0.1, -0.05) is 0 Å². The van der Waals surface area contributed by atoms with E-state index in [4.69, 9.17) is 5.73 Å². The molecule has 2 saturated carbocycles. The van der Waals surface area contributed by atoms with Gasteiger partial charge in [-0.25, -0.2) is 0 Å². The third-order valence-corrected chi connectivity index (χ3v) is 3.41. The average Bonchev–Trinajstić information content (AvgIpc) is 2.70. The van der Waals surface area contributed by atoms with Crippen molar-refractivity contribution in [2.75, 3.05) is 0 Å². The van der Waals surface area contributed by atoms with Crippen molar-refractivity contribution in [3.63, 3.8) is 0 Å². The van der Waals surface area contributed by atoms with Crippen molar-refractivity contribution in [3.8, 4) is 0 Å². The first-order chi connectivity index (χ1) is 5.22. The fourth-order valence-electron chi connectivity index (χ4n) is 2.19. The fraction of sp³-hybridized carbons (Fsp3) is 0.889. The summed E-state index contributed by atoms with van der Waals surface area (Å²) < 4.78 is 0. The van der Waals surface area contributed by atoms with Crippen LogP contribution in [0.3, 0.4) is 0 Å². The molecule has 2 aliphatic carbocycles. The number of primary amides is 1. The zero-order valence-electron chi connectivity index (χ0n) is 6.81. The van der Waals surface area contributed by atoms with Crippen LogP contribution < -0.4 is 5.73 Å². The van der Waals surface area contributed by atoms with Crippen LogP contribution in [0.25, 0.3) is 0 Å². The molecule has 0 aromatic heterocycles. The highest BCUT2D eigenvalue weighted by atomic mass is 16.1. The lowest BCUT2D eigenvalue weighted by molar-refractivity contribution is -0.123. The van der Waals surface area contributed by atoms with Gasteiger partial charge in [0.25, 0.3) is 0 Å². The molecule has 62 valence electrons. The maximum absolute atomic E-state index is 10.8. The van der Waals surface area contributed by atoms with Gasteiger partial charge in [0.05, 0.1) is 0 Å². The Kier molecular flexibility index (Phi) is 1.44. The molecule has 0 bridgehead atoms. The number of hydrogen-bond donors (Lipinski definition) is 1. The van der Waals surface area contributed by atoms with Crippen LogP contribution in [0, 0.1) is 11.3 Å². The molecule has 11 heavy (non-hydrogen) atoms. The van der Waals surface area contributed by atoms with Crippen molar-refractivity contribution >= 4 is 5.91 Å². The van der Waals surface area contributed by atoms with Crippen LogP contribution in [-0.2, 0) is 4.79 Å². The molecule has 0 unspecified atom stereocenters. The zero-order valence-corrected chi connectivity index (χ0v) is 6.81. The highest BCUT2D eigenvalue weighted by Crippen LogP contribution is 2.56. The number of carbonyl (C=O) groups is 1. The highest BCUT2D eigenvalue weighted by molar-refractivity contribution is 5.76. The second-order valence-corrected chi connectivity index (χ2v) is 4.18. The summed E-state index contributed by atoms with van der Waals surface area (Å²) in [4.78, 5) is 10.8. The van der Waals surface area contributed by atoms with Crippen LogP contribution in [0.4, 0.5) is 0 Å². The smallest absolute Gasteiger partial charge is 0.220 e. The Labute approximate surface area is 67.1 Å². The molecule has 1 spiro atoms. The molecule has 0 heterocycles. The van der Waals surface area contributed by atoms with Gasteiger partial charge in [0.1, 0.15) is 0 Å². The molecule has 0 saturated heterocycles. The molecule has 2 fully saturated rings. The van der Waals surface area contributed by atoms with Gasteiger partial charge >= 0.3 is 0 Å². The van der Waals surface area contributed by atoms with Crippen LogP contribution in [0.1, 0.15) is 38.5 Å². The number of amides is 1. The summed E-state index contributed by atoms with van der Waals surface area (Å²) in [6.07, 6.45) is 7.41. The molecule has 0 atom stereocenters. The second-order valence-electron chi connectivity index (χ2n) is 4.18. The normalized spacial score (nSPS) is 28.7.